The lowest BCUT2D eigenvalue weighted by Crippen LogP contribution is -2.44. The largest absolute Gasteiger partial charge is 0.325 e. The van der Waals surface area contributed by atoms with Crippen molar-refractivity contribution in [2.75, 3.05) is 0 Å². The number of carbonyl (C=O) groups is 2. The maximum absolute atomic E-state index is 12.5. The Morgan fingerprint density at radius 1 is 1.30 bits per heavy atom. The van der Waals surface area contributed by atoms with E-state index in [1.165, 1.54) is 4.90 Å². The summed E-state index contributed by atoms with van der Waals surface area (Å²) in [6.45, 7) is 8.24. The molecule has 3 amide bonds. The van der Waals surface area contributed by atoms with E-state index in [1.807, 2.05) is 52.0 Å². The molecule has 1 saturated heterocycles. The SMILES string of the molecule is Cc1cccc(CN2C(=O)NC(C)(CC(C)C)C2=O)c1. The zero-order valence-corrected chi connectivity index (χ0v) is 12.6. The summed E-state index contributed by atoms with van der Waals surface area (Å²) in [4.78, 5) is 25.9. The molecule has 0 aliphatic carbocycles. The number of nitrogens with zero attached hydrogens (tertiary/aromatic N) is 1. The molecule has 1 fully saturated rings. The fourth-order valence-corrected chi connectivity index (χ4v) is 2.84. The lowest BCUT2D eigenvalue weighted by Gasteiger charge is -2.23. The number of imide groups is 1. The second-order valence-electron chi connectivity index (χ2n) is 6.24. The molecule has 1 heterocycles. The average molecular weight is 274 g/mol. The molecule has 4 nitrogen and oxygen atoms in total. The zero-order chi connectivity index (χ0) is 14.9. The van der Waals surface area contributed by atoms with E-state index in [1.54, 1.807) is 0 Å². The third kappa shape index (κ3) is 2.84. The molecule has 0 radical (unpaired) electrons. The van der Waals surface area contributed by atoms with Crippen LogP contribution in [0.2, 0.25) is 0 Å². The molecular weight excluding hydrogens is 252 g/mol. The first-order chi connectivity index (χ1) is 9.32. The van der Waals surface area contributed by atoms with Gasteiger partial charge in [0.15, 0.2) is 0 Å². The summed E-state index contributed by atoms with van der Waals surface area (Å²) in [5, 5.41) is 2.83. The van der Waals surface area contributed by atoms with Gasteiger partial charge in [-0.3, -0.25) is 9.69 Å². The molecule has 0 spiro atoms. The van der Waals surface area contributed by atoms with Gasteiger partial charge >= 0.3 is 6.03 Å². The Balaban J connectivity index is 2.17. The summed E-state index contributed by atoms with van der Waals surface area (Å²) < 4.78 is 0. The Labute approximate surface area is 120 Å². The average Bonchev–Trinajstić information content (AvgIpc) is 2.52. The van der Waals surface area contributed by atoms with Gasteiger partial charge in [-0.15, -0.1) is 0 Å². The van der Waals surface area contributed by atoms with E-state index in [0.717, 1.165) is 11.1 Å². The number of hydrogen-bond donors (Lipinski definition) is 1. The van der Waals surface area contributed by atoms with Gasteiger partial charge in [-0.05, 0) is 31.7 Å². The highest BCUT2D eigenvalue weighted by atomic mass is 16.2. The predicted molar refractivity (Wildman–Crippen MR) is 78.1 cm³/mol. The molecule has 20 heavy (non-hydrogen) atoms. The topological polar surface area (TPSA) is 49.4 Å². The van der Waals surface area contributed by atoms with Gasteiger partial charge in [-0.1, -0.05) is 43.7 Å². The number of amides is 3. The summed E-state index contributed by atoms with van der Waals surface area (Å²) in [5.41, 5.74) is 1.33. The lowest BCUT2D eigenvalue weighted by molar-refractivity contribution is -0.131. The molecule has 1 aliphatic rings. The van der Waals surface area contributed by atoms with Gasteiger partial charge in [-0.2, -0.15) is 0 Å². The van der Waals surface area contributed by atoms with Gasteiger partial charge < -0.3 is 5.32 Å². The minimum atomic E-state index is -0.769. The molecule has 0 bridgehead atoms. The van der Waals surface area contributed by atoms with Gasteiger partial charge in [0.05, 0.1) is 6.54 Å². The number of urea groups is 1. The van der Waals surface area contributed by atoms with Gasteiger partial charge in [-0.25, -0.2) is 4.79 Å². The Bertz CT molecular complexity index is 539. The normalized spacial score (nSPS) is 22.6. The predicted octanol–water partition coefficient (Wildman–Crippen LogP) is 2.85. The second-order valence-corrected chi connectivity index (χ2v) is 6.24. The van der Waals surface area contributed by atoms with Crippen molar-refractivity contribution in [1.82, 2.24) is 10.2 Å². The van der Waals surface area contributed by atoms with Crippen LogP contribution in [-0.4, -0.2) is 22.4 Å². The number of nitrogens with one attached hydrogen (secondary N) is 1. The van der Waals surface area contributed by atoms with Crippen LogP contribution >= 0.6 is 0 Å². The second kappa shape index (κ2) is 5.27. The van der Waals surface area contributed by atoms with Crippen LogP contribution in [0, 0.1) is 12.8 Å². The Morgan fingerprint density at radius 2 is 2.00 bits per heavy atom. The molecular formula is C16H22N2O2. The van der Waals surface area contributed by atoms with Crippen molar-refractivity contribution in [2.45, 2.75) is 46.2 Å². The Morgan fingerprint density at radius 3 is 2.60 bits per heavy atom. The highest BCUT2D eigenvalue weighted by Crippen LogP contribution is 2.26. The van der Waals surface area contributed by atoms with Crippen molar-refractivity contribution < 1.29 is 9.59 Å². The fourth-order valence-electron chi connectivity index (χ4n) is 2.84. The number of rotatable bonds is 4. The van der Waals surface area contributed by atoms with Crippen LogP contribution < -0.4 is 5.32 Å². The molecule has 1 aromatic carbocycles. The maximum Gasteiger partial charge on any atom is 0.325 e. The minimum Gasteiger partial charge on any atom is -0.323 e. The van der Waals surface area contributed by atoms with Gasteiger partial charge in [0.2, 0.25) is 0 Å². The summed E-state index contributed by atoms with van der Waals surface area (Å²) in [5.74, 6) is 0.223. The molecule has 1 aliphatic heterocycles. The van der Waals surface area contributed by atoms with Crippen LogP contribution in [0.15, 0.2) is 24.3 Å². The van der Waals surface area contributed by atoms with E-state index in [4.69, 9.17) is 0 Å². The molecule has 4 heteroatoms. The van der Waals surface area contributed by atoms with Crippen LogP contribution in [0.25, 0.3) is 0 Å². The van der Waals surface area contributed by atoms with E-state index in [-0.39, 0.29) is 11.9 Å². The first-order valence-electron chi connectivity index (χ1n) is 7.01. The number of hydrogen-bond acceptors (Lipinski definition) is 2. The van der Waals surface area contributed by atoms with Crippen molar-refractivity contribution in [1.29, 1.82) is 0 Å². The maximum atomic E-state index is 12.5. The van der Waals surface area contributed by atoms with E-state index in [2.05, 4.69) is 5.32 Å². The van der Waals surface area contributed by atoms with Crippen molar-refractivity contribution in [3.63, 3.8) is 0 Å². The highest BCUT2D eigenvalue weighted by Gasteiger charge is 2.47. The third-order valence-corrected chi connectivity index (χ3v) is 3.58. The van der Waals surface area contributed by atoms with Crippen LogP contribution in [0.4, 0.5) is 4.79 Å². The summed E-state index contributed by atoms with van der Waals surface area (Å²) in [7, 11) is 0. The van der Waals surface area contributed by atoms with Crippen LogP contribution in [0.3, 0.4) is 0 Å². The van der Waals surface area contributed by atoms with Crippen LogP contribution in [0.5, 0.6) is 0 Å². The van der Waals surface area contributed by atoms with Gasteiger partial charge in [0.1, 0.15) is 5.54 Å². The molecule has 1 atom stereocenters. The van der Waals surface area contributed by atoms with E-state index in [9.17, 15) is 9.59 Å². The summed E-state index contributed by atoms with van der Waals surface area (Å²) >= 11 is 0. The van der Waals surface area contributed by atoms with E-state index in [0.29, 0.717) is 18.9 Å². The molecule has 1 N–H and O–H groups in total. The minimum absolute atomic E-state index is 0.127. The van der Waals surface area contributed by atoms with Gasteiger partial charge in [0.25, 0.3) is 5.91 Å². The zero-order valence-electron chi connectivity index (χ0n) is 12.6. The molecule has 1 unspecified atom stereocenters. The smallest absolute Gasteiger partial charge is 0.323 e. The van der Waals surface area contributed by atoms with Crippen LogP contribution in [0.1, 0.15) is 38.3 Å². The van der Waals surface area contributed by atoms with E-state index >= 15 is 0 Å². The highest BCUT2D eigenvalue weighted by molar-refractivity contribution is 6.06. The number of carbonyl (C=O) groups excluding carboxylic acids is 2. The van der Waals surface area contributed by atoms with Crippen molar-refractivity contribution >= 4 is 11.9 Å². The monoisotopic (exact) mass is 274 g/mol. The Kier molecular flexibility index (Phi) is 3.84. The van der Waals surface area contributed by atoms with Crippen molar-refractivity contribution in [3.05, 3.63) is 35.4 Å². The Hall–Kier alpha value is -1.84. The van der Waals surface area contributed by atoms with Crippen molar-refractivity contribution in [3.8, 4) is 0 Å². The summed E-state index contributed by atoms with van der Waals surface area (Å²) in [6.07, 6.45) is 0.655. The van der Waals surface area contributed by atoms with Crippen LogP contribution in [-0.2, 0) is 11.3 Å². The number of benzene rings is 1. The molecule has 0 aromatic heterocycles. The lowest BCUT2D eigenvalue weighted by atomic mass is 9.91. The van der Waals surface area contributed by atoms with Crippen molar-refractivity contribution in [2.24, 2.45) is 5.92 Å². The summed E-state index contributed by atoms with van der Waals surface area (Å²) in [6, 6.07) is 7.58. The fraction of sp³-hybridized carbons (Fsp3) is 0.500. The van der Waals surface area contributed by atoms with E-state index < -0.39 is 5.54 Å². The molecule has 1 aromatic rings. The standard InChI is InChI=1S/C16H22N2O2/c1-11(2)9-16(4)14(19)18(15(20)17-16)10-13-7-5-6-12(3)8-13/h5-8,11H,9-10H2,1-4H3,(H,17,20). The number of aryl methyl sites for hydroxylation is 1. The molecule has 108 valence electrons. The molecule has 0 saturated carbocycles. The quantitative estimate of drug-likeness (QED) is 0.858. The van der Waals surface area contributed by atoms with Gasteiger partial charge in [0, 0.05) is 0 Å². The first-order valence-corrected chi connectivity index (χ1v) is 7.01. The molecule has 2 rings (SSSR count). The third-order valence-electron chi connectivity index (χ3n) is 3.58. The first kappa shape index (κ1) is 14.6.